The fourth-order valence-electron chi connectivity index (χ4n) is 2.63. The summed E-state index contributed by atoms with van der Waals surface area (Å²) in [4.78, 5) is 2.61. The first-order valence-corrected chi connectivity index (χ1v) is 6.33. The SMILES string of the molecule is CCC(c1ccccc1)N1CCNC(C)C1. The Bertz CT molecular complexity index is 310. The molecule has 0 amide bonds. The summed E-state index contributed by atoms with van der Waals surface area (Å²) in [6.07, 6.45) is 1.19. The van der Waals surface area contributed by atoms with Gasteiger partial charge in [0.1, 0.15) is 0 Å². The van der Waals surface area contributed by atoms with Gasteiger partial charge in [0.2, 0.25) is 0 Å². The van der Waals surface area contributed by atoms with Crippen LogP contribution in [0.25, 0.3) is 0 Å². The van der Waals surface area contributed by atoms with Crippen LogP contribution in [0.15, 0.2) is 30.3 Å². The molecule has 1 aliphatic heterocycles. The van der Waals surface area contributed by atoms with Gasteiger partial charge < -0.3 is 5.32 Å². The van der Waals surface area contributed by atoms with E-state index in [1.807, 2.05) is 0 Å². The van der Waals surface area contributed by atoms with Gasteiger partial charge in [0.15, 0.2) is 0 Å². The van der Waals surface area contributed by atoms with Crippen molar-refractivity contribution in [3.05, 3.63) is 35.9 Å². The van der Waals surface area contributed by atoms with Crippen molar-refractivity contribution in [3.63, 3.8) is 0 Å². The van der Waals surface area contributed by atoms with Gasteiger partial charge in [-0.05, 0) is 18.9 Å². The Kier molecular flexibility index (Phi) is 3.97. The highest BCUT2D eigenvalue weighted by molar-refractivity contribution is 5.19. The van der Waals surface area contributed by atoms with Crippen LogP contribution in [0, 0.1) is 0 Å². The number of hydrogen-bond acceptors (Lipinski definition) is 2. The minimum absolute atomic E-state index is 0.589. The molecule has 1 N–H and O–H groups in total. The zero-order chi connectivity index (χ0) is 11.4. The first kappa shape index (κ1) is 11.6. The van der Waals surface area contributed by atoms with Crippen molar-refractivity contribution in [2.45, 2.75) is 32.4 Å². The van der Waals surface area contributed by atoms with E-state index in [1.165, 1.54) is 12.0 Å². The predicted molar refractivity (Wildman–Crippen MR) is 68.5 cm³/mol. The highest BCUT2D eigenvalue weighted by Gasteiger charge is 2.23. The number of hydrogen-bond donors (Lipinski definition) is 1. The second-order valence-corrected chi connectivity index (χ2v) is 4.68. The monoisotopic (exact) mass is 218 g/mol. The molecule has 88 valence electrons. The van der Waals surface area contributed by atoms with E-state index in [1.54, 1.807) is 0 Å². The first-order chi connectivity index (χ1) is 7.81. The van der Waals surface area contributed by atoms with Gasteiger partial charge in [0.05, 0.1) is 0 Å². The van der Waals surface area contributed by atoms with Crippen LogP contribution in [-0.4, -0.2) is 30.6 Å². The lowest BCUT2D eigenvalue weighted by molar-refractivity contribution is 0.145. The molecule has 1 aliphatic rings. The number of rotatable bonds is 3. The van der Waals surface area contributed by atoms with Gasteiger partial charge in [0, 0.05) is 31.7 Å². The summed E-state index contributed by atoms with van der Waals surface area (Å²) in [5.74, 6) is 0. The fourth-order valence-corrected chi connectivity index (χ4v) is 2.63. The number of nitrogens with one attached hydrogen (secondary N) is 1. The Hall–Kier alpha value is -0.860. The van der Waals surface area contributed by atoms with Crippen molar-refractivity contribution in [1.82, 2.24) is 10.2 Å². The summed E-state index contributed by atoms with van der Waals surface area (Å²) in [6.45, 7) is 7.99. The molecule has 1 fully saturated rings. The molecule has 0 bridgehead atoms. The predicted octanol–water partition coefficient (Wildman–Crippen LogP) is 2.43. The largest absolute Gasteiger partial charge is 0.312 e. The lowest BCUT2D eigenvalue weighted by Gasteiger charge is -2.37. The average molecular weight is 218 g/mol. The van der Waals surface area contributed by atoms with Crippen LogP contribution < -0.4 is 5.32 Å². The van der Waals surface area contributed by atoms with E-state index in [0.717, 1.165) is 19.6 Å². The topological polar surface area (TPSA) is 15.3 Å². The molecular weight excluding hydrogens is 196 g/mol. The van der Waals surface area contributed by atoms with Gasteiger partial charge >= 0.3 is 0 Å². The molecule has 0 aliphatic carbocycles. The van der Waals surface area contributed by atoms with E-state index >= 15 is 0 Å². The highest BCUT2D eigenvalue weighted by Crippen LogP contribution is 2.24. The Morgan fingerprint density at radius 2 is 2.12 bits per heavy atom. The van der Waals surface area contributed by atoms with Crippen LogP contribution in [0.3, 0.4) is 0 Å². The second kappa shape index (κ2) is 5.46. The van der Waals surface area contributed by atoms with E-state index < -0.39 is 0 Å². The Labute approximate surface area is 98.7 Å². The molecule has 0 spiro atoms. The quantitative estimate of drug-likeness (QED) is 0.838. The number of benzene rings is 1. The molecule has 2 atom stereocenters. The van der Waals surface area contributed by atoms with Gasteiger partial charge in [0.25, 0.3) is 0 Å². The highest BCUT2D eigenvalue weighted by atomic mass is 15.2. The van der Waals surface area contributed by atoms with E-state index in [9.17, 15) is 0 Å². The van der Waals surface area contributed by atoms with Crippen molar-refractivity contribution < 1.29 is 0 Å². The maximum atomic E-state index is 3.50. The number of nitrogens with zero attached hydrogens (tertiary/aromatic N) is 1. The molecule has 1 aromatic rings. The minimum atomic E-state index is 0.589. The average Bonchev–Trinajstić information content (AvgIpc) is 2.31. The van der Waals surface area contributed by atoms with Crippen LogP contribution in [0.5, 0.6) is 0 Å². The van der Waals surface area contributed by atoms with E-state index in [-0.39, 0.29) is 0 Å². The summed E-state index contributed by atoms with van der Waals surface area (Å²) in [5, 5.41) is 3.50. The van der Waals surface area contributed by atoms with Crippen LogP contribution in [0.1, 0.15) is 31.9 Å². The Morgan fingerprint density at radius 1 is 1.38 bits per heavy atom. The standard InChI is InChI=1S/C14H22N2/c1-3-14(13-7-5-4-6-8-13)16-10-9-15-12(2)11-16/h4-8,12,14-15H,3,9-11H2,1-2H3. The van der Waals surface area contributed by atoms with Gasteiger partial charge in [-0.25, -0.2) is 0 Å². The van der Waals surface area contributed by atoms with Gasteiger partial charge in [-0.2, -0.15) is 0 Å². The van der Waals surface area contributed by atoms with Crippen LogP contribution in [-0.2, 0) is 0 Å². The lowest BCUT2D eigenvalue weighted by atomic mass is 10.0. The van der Waals surface area contributed by atoms with Crippen molar-refractivity contribution in [2.24, 2.45) is 0 Å². The third kappa shape index (κ3) is 2.63. The molecule has 0 aromatic heterocycles. The summed E-state index contributed by atoms with van der Waals surface area (Å²) in [5.41, 5.74) is 1.46. The molecule has 1 saturated heterocycles. The molecule has 2 rings (SSSR count). The van der Waals surface area contributed by atoms with Gasteiger partial charge in [-0.15, -0.1) is 0 Å². The zero-order valence-electron chi connectivity index (χ0n) is 10.3. The van der Waals surface area contributed by atoms with Crippen molar-refractivity contribution in [2.75, 3.05) is 19.6 Å². The molecule has 16 heavy (non-hydrogen) atoms. The van der Waals surface area contributed by atoms with E-state index in [4.69, 9.17) is 0 Å². The summed E-state index contributed by atoms with van der Waals surface area (Å²) >= 11 is 0. The molecule has 1 aromatic carbocycles. The van der Waals surface area contributed by atoms with E-state index in [2.05, 4.69) is 54.4 Å². The Morgan fingerprint density at radius 3 is 2.75 bits per heavy atom. The molecular formula is C14H22N2. The smallest absolute Gasteiger partial charge is 0.0346 e. The van der Waals surface area contributed by atoms with Crippen LogP contribution >= 0.6 is 0 Å². The summed E-state index contributed by atoms with van der Waals surface area (Å²) in [6, 6.07) is 12.1. The van der Waals surface area contributed by atoms with Crippen LogP contribution in [0.4, 0.5) is 0 Å². The van der Waals surface area contributed by atoms with Crippen molar-refractivity contribution in [1.29, 1.82) is 0 Å². The fraction of sp³-hybridized carbons (Fsp3) is 0.571. The van der Waals surface area contributed by atoms with Crippen molar-refractivity contribution >= 4 is 0 Å². The third-order valence-electron chi connectivity index (χ3n) is 3.41. The normalized spacial score (nSPS) is 24.2. The second-order valence-electron chi connectivity index (χ2n) is 4.68. The van der Waals surface area contributed by atoms with Gasteiger partial charge in [-0.3, -0.25) is 4.90 Å². The van der Waals surface area contributed by atoms with Crippen molar-refractivity contribution in [3.8, 4) is 0 Å². The number of piperazine rings is 1. The molecule has 2 unspecified atom stereocenters. The summed E-state index contributed by atoms with van der Waals surface area (Å²) in [7, 11) is 0. The molecule has 0 radical (unpaired) electrons. The first-order valence-electron chi connectivity index (χ1n) is 6.33. The third-order valence-corrected chi connectivity index (χ3v) is 3.41. The molecule has 2 heteroatoms. The maximum Gasteiger partial charge on any atom is 0.0346 e. The lowest BCUT2D eigenvalue weighted by Crippen LogP contribution is -2.50. The molecule has 1 heterocycles. The Balaban J connectivity index is 2.10. The maximum absolute atomic E-state index is 3.50. The van der Waals surface area contributed by atoms with Gasteiger partial charge in [-0.1, -0.05) is 37.3 Å². The van der Waals surface area contributed by atoms with E-state index in [0.29, 0.717) is 12.1 Å². The molecule has 0 saturated carbocycles. The summed E-state index contributed by atoms with van der Waals surface area (Å²) < 4.78 is 0. The zero-order valence-corrected chi connectivity index (χ0v) is 10.3. The van der Waals surface area contributed by atoms with Crippen LogP contribution in [0.2, 0.25) is 0 Å². The molecule has 2 nitrogen and oxygen atoms in total. The minimum Gasteiger partial charge on any atom is -0.312 e.